The van der Waals surface area contributed by atoms with E-state index < -0.39 is 23.5 Å². The molecule has 1 amide bonds. The molecule has 4 aromatic rings. The number of furan rings is 1. The molecule has 10 heteroatoms. The van der Waals surface area contributed by atoms with E-state index in [9.17, 15) is 14.7 Å². The van der Waals surface area contributed by atoms with Crippen molar-refractivity contribution in [2.75, 3.05) is 4.90 Å². The number of aromatic nitrogens is 3. The SMILES string of the molecule is Cc1ccc(CSc2nnc(N3C(=O)C(O)=C(C(=O)c4ccc(C)o4)C3c3cccnc3)s2)cc1. The third-order valence-electron chi connectivity index (χ3n) is 5.50. The standard InChI is InChI=1S/C25H20N4O4S2/c1-14-5-8-16(9-6-14)13-34-25-28-27-24(35-25)29-20(17-4-3-11-26-12-17)19(22(31)23(29)32)21(30)18-10-7-15(2)33-18/h3-12,20,31H,13H2,1-2H3. The molecule has 0 fully saturated rings. The third kappa shape index (κ3) is 4.50. The number of ketones is 1. The number of nitrogens with zero attached hydrogens (tertiary/aromatic N) is 4. The van der Waals surface area contributed by atoms with Crippen LogP contribution in [0, 0.1) is 13.8 Å². The maximum Gasteiger partial charge on any atom is 0.296 e. The Hall–Kier alpha value is -3.76. The van der Waals surface area contributed by atoms with Crippen molar-refractivity contribution in [1.29, 1.82) is 0 Å². The van der Waals surface area contributed by atoms with Crippen LogP contribution in [0.3, 0.4) is 0 Å². The zero-order valence-corrected chi connectivity index (χ0v) is 20.5. The highest BCUT2D eigenvalue weighted by molar-refractivity contribution is 8.00. The van der Waals surface area contributed by atoms with Crippen molar-refractivity contribution in [2.45, 2.75) is 30.0 Å². The number of aliphatic hydroxyl groups is 1. The Morgan fingerprint density at radius 2 is 1.94 bits per heavy atom. The first kappa shape index (κ1) is 23.0. The molecule has 1 atom stereocenters. The van der Waals surface area contributed by atoms with E-state index in [0.717, 1.165) is 5.56 Å². The second-order valence-corrected chi connectivity index (χ2v) is 10.2. The zero-order chi connectivity index (χ0) is 24.5. The predicted molar refractivity (Wildman–Crippen MR) is 133 cm³/mol. The van der Waals surface area contributed by atoms with Crippen LogP contribution >= 0.6 is 23.1 Å². The van der Waals surface area contributed by atoms with Gasteiger partial charge in [-0.25, -0.2) is 0 Å². The Kier molecular flexibility index (Phi) is 6.23. The lowest BCUT2D eigenvalue weighted by molar-refractivity contribution is -0.117. The van der Waals surface area contributed by atoms with Crippen LogP contribution in [-0.4, -0.2) is 32.0 Å². The normalized spacial score (nSPS) is 15.8. The van der Waals surface area contributed by atoms with Gasteiger partial charge in [0.2, 0.25) is 10.9 Å². The van der Waals surface area contributed by atoms with Gasteiger partial charge in [-0.05, 0) is 43.2 Å². The van der Waals surface area contributed by atoms with Crippen LogP contribution < -0.4 is 4.90 Å². The Bertz CT molecular complexity index is 1430. The van der Waals surface area contributed by atoms with Crippen LogP contribution in [0.15, 0.2) is 81.0 Å². The largest absolute Gasteiger partial charge is 0.503 e. The van der Waals surface area contributed by atoms with E-state index >= 15 is 0 Å². The summed E-state index contributed by atoms with van der Waals surface area (Å²) in [6.07, 6.45) is 3.15. The fourth-order valence-electron chi connectivity index (χ4n) is 3.76. The average molecular weight is 505 g/mol. The quantitative estimate of drug-likeness (QED) is 0.207. The number of hydrogen-bond donors (Lipinski definition) is 1. The molecule has 1 aliphatic heterocycles. The lowest BCUT2D eigenvalue weighted by atomic mass is 9.96. The maximum absolute atomic E-state index is 13.3. The molecular weight excluding hydrogens is 484 g/mol. The molecule has 1 aliphatic rings. The Morgan fingerprint density at radius 1 is 1.14 bits per heavy atom. The second-order valence-electron chi connectivity index (χ2n) is 7.99. The number of benzene rings is 1. The van der Waals surface area contributed by atoms with Gasteiger partial charge in [0, 0.05) is 18.1 Å². The highest BCUT2D eigenvalue weighted by Crippen LogP contribution is 2.43. The molecule has 1 unspecified atom stereocenters. The number of aryl methyl sites for hydroxylation is 2. The topological polar surface area (TPSA) is 109 Å². The van der Waals surface area contributed by atoms with Crippen LogP contribution in [0.2, 0.25) is 0 Å². The summed E-state index contributed by atoms with van der Waals surface area (Å²) in [5.74, 6) is -0.649. The molecular formula is C25H20N4O4S2. The average Bonchev–Trinajstić information content (AvgIpc) is 3.57. The number of anilines is 1. The maximum atomic E-state index is 13.3. The molecule has 0 saturated heterocycles. The van der Waals surface area contributed by atoms with Crippen molar-refractivity contribution >= 4 is 39.9 Å². The van der Waals surface area contributed by atoms with Gasteiger partial charge in [-0.15, -0.1) is 10.2 Å². The van der Waals surface area contributed by atoms with Crippen molar-refractivity contribution in [3.8, 4) is 0 Å². The summed E-state index contributed by atoms with van der Waals surface area (Å²) < 4.78 is 6.15. The number of thioether (sulfide) groups is 1. The van der Waals surface area contributed by atoms with E-state index in [0.29, 0.717) is 21.4 Å². The van der Waals surface area contributed by atoms with E-state index in [2.05, 4.69) is 39.4 Å². The number of hydrogen-bond acceptors (Lipinski definition) is 9. The van der Waals surface area contributed by atoms with Crippen LogP contribution in [0.25, 0.3) is 0 Å². The molecule has 1 aromatic carbocycles. The first-order valence-corrected chi connectivity index (χ1v) is 12.5. The molecule has 1 N–H and O–H groups in total. The molecule has 4 heterocycles. The fourth-order valence-corrected chi connectivity index (χ4v) is 5.59. The first-order valence-electron chi connectivity index (χ1n) is 10.7. The highest BCUT2D eigenvalue weighted by Gasteiger charge is 2.46. The highest BCUT2D eigenvalue weighted by atomic mass is 32.2. The number of amides is 1. The number of carbonyl (C=O) groups excluding carboxylic acids is 2. The van der Waals surface area contributed by atoms with Gasteiger partial charge in [0.1, 0.15) is 5.76 Å². The van der Waals surface area contributed by atoms with Crippen molar-refractivity contribution in [3.05, 3.63) is 100 Å². The molecule has 8 nitrogen and oxygen atoms in total. The van der Waals surface area contributed by atoms with Gasteiger partial charge in [-0.3, -0.25) is 19.5 Å². The lowest BCUT2D eigenvalue weighted by Gasteiger charge is -2.23. The fraction of sp³-hybridized carbons (Fsp3) is 0.160. The first-order chi connectivity index (χ1) is 16.9. The summed E-state index contributed by atoms with van der Waals surface area (Å²) >= 11 is 2.72. The predicted octanol–water partition coefficient (Wildman–Crippen LogP) is 5.22. The molecule has 0 spiro atoms. The van der Waals surface area contributed by atoms with E-state index in [4.69, 9.17) is 4.42 Å². The van der Waals surface area contributed by atoms with Gasteiger partial charge in [-0.2, -0.15) is 0 Å². The minimum absolute atomic E-state index is 0.0409. The monoisotopic (exact) mass is 504 g/mol. The summed E-state index contributed by atoms with van der Waals surface area (Å²) in [5, 5.41) is 19.5. The van der Waals surface area contributed by atoms with Crippen LogP contribution in [0.5, 0.6) is 0 Å². The Balaban J connectivity index is 1.47. The lowest BCUT2D eigenvalue weighted by Crippen LogP contribution is -2.31. The minimum atomic E-state index is -0.919. The van der Waals surface area contributed by atoms with Crippen molar-refractivity contribution in [1.82, 2.24) is 15.2 Å². The van der Waals surface area contributed by atoms with Gasteiger partial charge in [0.25, 0.3) is 5.91 Å². The minimum Gasteiger partial charge on any atom is -0.503 e. The van der Waals surface area contributed by atoms with Crippen LogP contribution in [0.4, 0.5) is 5.13 Å². The summed E-state index contributed by atoms with van der Waals surface area (Å²) in [7, 11) is 0. The molecule has 5 rings (SSSR count). The number of rotatable bonds is 7. The van der Waals surface area contributed by atoms with E-state index in [1.165, 1.54) is 39.6 Å². The van der Waals surface area contributed by atoms with Crippen molar-refractivity contribution in [3.63, 3.8) is 0 Å². The summed E-state index contributed by atoms with van der Waals surface area (Å²) in [5.41, 5.74) is 2.80. The molecule has 0 radical (unpaired) electrons. The zero-order valence-electron chi connectivity index (χ0n) is 18.8. The number of carbonyl (C=O) groups is 2. The van der Waals surface area contributed by atoms with Gasteiger partial charge in [0.15, 0.2) is 15.9 Å². The molecule has 35 heavy (non-hydrogen) atoms. The molecule has 0 saturated carbocycles. The van der Waals surface area contributed by atoms with E-state index in [1.807, 2.05) is 6.92 Å². The third-order valence-corrected chi connectivity index (χ3v) is 7.63. The summed E-state index contributed by atoms with van der Waals surface area (Å²) in [4.78, 5) is 32.0. The van der Waals surface area contributed by atoms with Gasteiger partial charge >= 0.3 is 0 Å². The second kappa shape index (κ2) is 9.47. The van der Waals surface area contributed by atoms with E-state index in [-0.39, 0.29) is 16.5 Å². The number of pyridine rings is 1. The van der Waals surface area contributed by atoms with E-state index in [1.54, 1.807) is 37.5 Å². The number of aliphatic hydroxyl groups excluding tert-OH is 1. The van der Waals surface area contributed by atoms with Crippen LogP contribution in [-0.2, 0) is 10.5 Å². The Morgan fingerprint density at radius 3 is 2.63 bits per heavy atom. The summed E-state index contributed by atoms with van der Waals surface area (Å²) in [6.45, 7) is 3.75. The molecule has 3 aromatic heterocycles. The number of Topliss-reactive ketones (excluding diaryl/α,β-unsaturated/α-hetero) is 1. The molecule has 0 bridgehead atoms. The Labute approximate surface area is 209 Å². The summed E-state index contributed by atoms with van der Waals surface area (Å²) in [6, 6.07) is 13.9. The van der Waals surface area contributed by atoms with Gasteiger partial charge in [-0.1, -0.05) is 59.0 Å². The smallest absolute Gasteiger partial charge is 0.296 e. The van der Waals surface area contributed by atoms with Crippen molar-refractivity contribution in [2.24, 2.45) is 0 Å². The van der Waals surface area contributed by atoms with Gasteiger partial charge < -0.3 is 9.52 Å². The van der Waals surface area contributed by atoms with Gasteiger partial charge in [0.05, 0.1) is 11.6 Å². The van der Waals surface area contributed by atoms with Crippen LogP contribution in [0.1, 0.15) is 39.0 Å². The van der Waals surface area contributed by atoms with Crippen molar-refractivity contribution < 1.29 is 19.1 Å². The molecule has 0 aliphatic carbocycles. The molecule has 176 valence electrons.